The Hall–Kier alpha value is -0.290. The van der Waals surface area contributed by atoms with Crippen LogP contribution in [0.2, 0.25) is 5.02 Å². The summed E-state index contributed by atoms with van der Waals surface area (Å²) in [5, 5.41) is 3.98. The van der Waals surface area contributed by atoms with Gasteiger partial charge in [0.1, 0.15) is 0 Å². The monoisotopic (exact) mass is 321 g/mol. The van der Waals surface area contributed by atoms with Gasteiger partial charge in [0.25, 0.3) is 0 Å². The van der Waals surface area contributed by atoms with E-state index < -0.39 is 0 Å². The van der Waals surface area contributed by atoms with Gasteiger partial charge in [-0.05, 0) is 40.5 Å². The normalized spacial score (nSPS) is 10.5. The Morgan fingerprint density at radius 1 is 1.29 bits per heavy atom. The molecule has 0 amide bonds. The van der Waals surface area contributed by atoms with Crippen LogP contribution in [0.15, 0.2) is 22.7 Å². The first-order chi connectivity index (χ1) is 8.24. The number of hydrogen-bond donors (Lipinski definition) is 1. The molecule has 3 nitrogen and oxygen atoms in total. The lowest BCUT2D eigenvalue weighted by Crippen LogP contribution is -2.11. The van der Waals surface area contributed by atoms with Crippen LogP contribution in [0.3, 0.4) is 0 Å². The molecule has 17 heavy (non-hydrogen) atoms. The minimum atomic E-state index is 0.669. The summed E-state index contributed by atoms with van der Waals surface area (Å²) in [6, 6.07) is 5.65. The van der Waals surface area contributed by atoms with E-state index in [0.29, 0.717) is 6.61 Å². The van der Waals surface area contributed by atoms with Crippen molar-refractivity contribution >= 4 is 33.2 Å². The van der Waals surface area contributed by atoms with Crippen LogP contribution in [-0.4, -0.2) is 33.5 Å². The van der Waals surface area contributed by atoms with Gasteiger partial charge in [-0.2, -0.15) is 0 Å². The molecule has 0 radical (unpaired) electrons. The molecule has 0 aliphatic rings. The van der Waals surface area contributed by atoms with Crippen molar-refractivity contribution in [2.45, 2.75) is 6.42 Å². The first kappa shape index (κ1) is 14.8. The van der Waals surface area contributed by atoms with Gasteiger partial charge >= 0.3 is 0 Å². The topological polar surface area (TPSA) is 30.5 Å². The van der Waals surface area contributed by atoms with Gasteiger partial charge in [0.05, 0.1) is 6.61 Å². The third kappa shape index (κ3) is 6.27. The van der Waals surface area contributed by atoms with Crippen LogP contribution in [0.4, 0.5) is 5.69 Å². The largest absolute Gasteiger partial charge is 0.385 e. The van der Waals surface area contributed by atoms with Crippen LogP contribution in [0.25, 0.3) is 0 Å². The van der Waals surface area contributed by atoms with Crippen molar-refractivity contribution in [3.63, 3.8) is 0 Å². The van der Waals surface area contributed by atoms with E-state index in [0.717, 1.165) is 41.4 Å². The molecule has 1 N–H and O–H groups in total. The standard InChI is InChI=1S/C12H17BrClNO2/c1-16-6-2-7-17-8-5-15-12-9-10(14)3-4-11(12)13/h3-4,9,15H,2,5-8H2,1H3. The van der Waals surface area contributed by atoms with Crippen LogP contribution >= 0.6 is 27.5 Å². The highest BCUT2D eigenvalue weighted by Gasteiger charge is 1.99. The molecule has 1 rings (SSSR count). The van der Waals surface area contributed by atoms with Crippen molar-refractivity contribution < 1.29 is 9.47 Å². The minimum Gasteiger partial charge on any atom is -0.385 e. The zero-order chi connectivity index (χ0) is 12.5. The van der Waals surface area contributed by atoms with Crippen LogP contribution in [0, 0.1) is 0 Å². The molecule has 0 unspecified atom stereocenters. The first-order valence-corrected chi connectivity index (χ1v) is 6.66. The van der Waals surface area contributed by atoms with Gasteiger partial charge in [-0.25, -0.2) is 0 Å². The van der Waals surface area contributed by atoms with Crippen molar-refractivity contribution in [3.05, 3.63) is 27.7 Å². The van der Waals surface area contributed by atoms with E-state index in [1.54, 1.807) is 7.11 Å². The number of hydrogen-bond acceptors (Lipinski definition) is 3. The number of halogens is 2. The van der Waals surface area contributed by atoms with E-state index in [4.69, 9.17) is 21.1 Å². The van der Waals surface area contributed by atoms with Crippen LogP contribution in [0.5, 0.6) is 0 Å². The van der Waals surface area contributed by atoms with E-state index >= 15 is 0 Å². The Kier molecular flexibility index (Phi) is 7.60. The van der Waals surface area contributed by atoms with Crippen LogP contribution < -0.4 is 5.32 Å². The van der Waals surface area contributed by atoms with Crippen LogP contribution in [-0.2, 0) is 9.47 Å². The second-order valence-electron chi connectivity index (χ2n) is 3.51. The van der Waals surface area contributed by atoms with Gasteiger partial charge in [0.15, 0.2) is 0 Å². The maximum atomic E-state index is 5.91. The molecule has 0 saturated heterocycles. The molecule has 0 aliphatic heterocycles. The Morgan fingerprint density at radius 2 is 2.12 bits per heavy atom. The summed E-state index contributed by atoms with van der Waals surface area (Å²) in [6.07, 6.45) is 0.928. The average molecular weight is 323 g/mol. The molecular formula is C12H17BrClNO2. The highest BCUT2D eigenvalue weighted by molar-refractivity contribution is 9.10. The smallest absolute Gasteiger partial charge is 0.0639 e. The maximum absolute atomic E-state index is 5.91. The number of ether oxygens (including phenoxy) is 2. The number of benzene rings is 1. The van der Waals surface area contributed by atoms with E-state index in [1.807, 2.05) is 18.2 Å². The zero-order valence-corrected chi connectivity index (χ0v) is 12.2. The lowest BCUT2D eigenvalue weighted by Gasteiger charge is -2.09. The summed E-state index contributed by atoms with van der Waals surface area (Å²) in [7, 11) is 1.69. The van der Waals surface area contributed by atoms with Gasteiger partial charge in [-0.15, -0.1) is 0 Å². The van der Waals surface area contributed by atoms with Crippen molar-refractivity contribution in [3.8, 4) is 0 Å². The van der Waals surface area contributed by atoms with Gasteiger partial charge in [0.2, 0.25) is 0 Å². The second kappa shape index (κ2) is 8.75. The summed E-state index contributed by atoms with van der Waals surface area (Å²) in [4.78, 5) is 0. The predicted molar refractivity (Wildman–Crippen MR) is 75.0 cm³/mol. The molecule has 0 aliphatic carbocycles. The Bertz CT molecular complexity index is 336. The SMILES string of the molecule is COCCCOCCNc1cc(Cl)ccc1Br. The summed E-state index contributed by atoms with van der Waals surface area (Å²) < 4.78 is 11.4. The lowest BCUT2D eigenvalue weighted by molar-refractivity contribution is 0.109. The van der Waals surface area contributed by atoms with Gasteiger partial charge < -0.3 is 14.8 Å². The third-order valence-electron chi connectivity index (χ3n) is 2.13. The number of anilines is 1. The highest BCUT2D eigenvalue weighted by Crippen LogP contribution is 2.25. The van der Waals surface area contributed by atoms with E-state index in [1.165, 1.54) is 0 Å². The molecule has 0 saturated carbocycles. The molecular weight excluding hydrogens is 305 g/mol. The molecule has 96 valence electrons. The van der Waals surface area contributed by atoms with Crippen molar-refractivity contribution in [2.75, 3.05) is 38.8 Å². The van der Waals surface area contributed by atoms with E-state index in [9.17, 15) is 0 Å². The molecule has 1 aromatic rings. The predicted octanol–water partition coefficient (Wildman–Crippen LogP) is 3.57. The summed E-state index contributed by atoms with van der Waals surface area (Å²) in [5.74, 6) is 0. The summed E-state index contributed by atoms with van der Waals surface area (Å²) >= 11 is 9.36. The van der Waals surface area contributed by atoms with Gasteiger partial charge in [0, 0.05) is 42.1 Å². The average Bonchev–Trinajstić information content (AvgIpc) is 2.32. The van der Waals surface area contributed by atoms with E-state index in [-0.39, 0.29) is 0 Å². The summed E-state index contributed by atoms with van der Waals surface area (Å²) in [6.45, 7) is 2.90. The van der Waals surface area contributed by atoms with Crippen molar-refractivity contribution in [1.82, 2.24) is 0 Å². The Balaban J connectivity index is 2.15. The molecule has 1 aromatic carbocycles. The fourth-order valence-electron chi connectivity index (χ4n) is 1.30. The van der Waals surface area contributed by atoms with E-state index in [2.05, 4.69) is 21.2 Å². The quantitative estimate of drug-likeness (QED) is 0.742. The molecule has 0 fully saturated rings. The number of nitrogens with one attached hydrogen (secondary N) is 1. The molecule has 0 atom stereocenters. The van der Waals surface area contributed by atoms with Crippen molar-refractivity contribution in [1.29, 1.82) is 0 Å². The summed E-state index contributed by atoms with van der Waals surface area (Å²) in [5.41, 5.74) is 0.984. The van der Waals surface area contributed by atoms with Crippen LogP contribution in [0.1, 0.15) is 6.42 Å². The van der Waals surface area contributed by atoms with Gasteiger partial charge in [-0.3, -0.25) is 0 Å². The molecule has 0 spiro atoms. The first-order valence-electron chi connectivity index (χ1n) is 5.49. The fourth-order valence-corrected chi connectivity index (χ4v) is 1.86. The minimum absolute atomic E-state index is 0.669. The molecule has 0 heterocycles. The third-order valence-corrected chi connectivity index (χ3v) is 3.05. The zero-order valence-electron chi connectivity index (χ0n) is 9.84. The Labute approximate surface area is 116 Å². The maximum Gasteiger partial charge on any atom is 0.0639 e. The fraction of sp³-hybridized carbons (Fsp3) is 0.500. The number of methoxy groups -OCH3 is 1. The number of rotatable bonds is 8. The lowest BCUT2D eigenvalue weighted by atomic mass is 10.3. The molecule has 5 heteroatoms. The Morgan fingerprint density at radius 3 is 2.88 bits per heavy atom. The second-order valence-corrected chi connectivity index (χ2v) is 4.80. The van der Waals surface area contributed by atoms with Gasteiger partial charge in [-0.1, -0.05) is 11.6 Å². The highest BCUT2D eigenvalue weighted by atomic mass is 79.9. The molecule has 0 bridgehead atoms. The molecule has 0 aromatic heterocycles. The van der Waals surface area contributed by atoms with Crippen molar-refractivity contribution in [2.24, 2.45) is 0 Å².